The molecule has 2 nitrogen and oxygen atoms in total. The van der Waals surface area contributed by atoms with Crippen LogP contribution in [0.25, 0.3) is 11.0 Å². The van der Waals surface area contributed by atoms with E-state index in [0.29, 0.717) is 0 Å². The van der Waals surface area contributed by atoms with Gasteiger partial charge in [-0.1, -0.05) is 78.1 Å². The first-order valence-electron chi connectivity index (χ1n) is 12.5. The molecule has 2 rings (SSSR count). The Hall–Kier alpha value is 0.220. The van der Waals surface area contributed by atoms with Crippen LogP contribution in [0.15, 0.2) is 21.1 Å². The van der Waals surface area contributed by atoms with E-state index in [1.165, 1.54) is 99.9 Å². The molecule has 1 aromatic heterocycles. The van der Waals surface area contributed by atoms with Crippen molar-refractivity contribution in [3.05, 3.63) is 32.5 Å². The zero-order chi connectivity index (χ0) is 23.0. The Morgan fingerprint density at radius 2 is 0.969 bits per heavy atom. The van der Waals surface area contributed by atoms with E-state index in [1.807, 2.05) is 23.5 Å². The van der Waals surface area contributed by atoms with Crippen LogP contribution in [0.3, 0.4) is 0 Å². The van der Waals surface area contributed by atoms with Crippen LogP contribution in [0.2, 0.25) is 0 Å². The van der Waals surface area contributed by atoms with Crippen LogP contribution in [0, 0.1) is 0 Å². The Labute approximate surface area is 221 Å². The van der Waals surface area contributed by atoms with Gasteiger partial charge in [0, 0.05) is 20.5 Å². The van der Waals surface area contributed by atoms with Gasteiger partial charge in [0.05, 0.1) is 11.4 Å². The van der Waals surface area contributed by atoms with Gasteiger partial charge in [0.1, 0.15) is 11.0 Å². The Kier molecular flexibility index (Phi) is 15.7. The fourth-order valence-electron chi connectivity index (χ4n) is 3.68. The van der Waals surface area contributed by atoms with E-state index in [2.05, 4.69) is 57.8 Å². The Balaban J connectivity index is 1.90. The third-order valence-electron chi connectivity index (χ3n) is 5.64. The maximum atomic E-state index is 5.07. The highest BCUT2D eigenvalue weighted by molar-refractivity contribution is 9.11. The SMILES string of the molecule is CCCCCCCCSCc1nc2c(Br)ccc(Br)c2nc1CSCCCCCCCC. The summed E-state index contributed by atoms with van der Waals surface area (Å²) in [5, 5.41) is 0. The molecular formula is C26H40Br2N2S2. The summed E-state index contributed by atoms with van der Waals surface area (Å²) in [6.45, 7) is 4.56. The largest absolute Gasteiger partial charge is 0.247 e. The van der Waals surface area contributed by atoms with Crippen molar-refractivity contribution in [3.8, 4) is 0 Å². The van der Waals surface area contributed by atoms with E-state index in [-0.39, 0.29) is 0 Å². The number of halogens is 2. The molecule has 1 aromatic carbocycles. The number of unbranched alkanes of at least 4 members (excludes halogenated alkanes) is 10. The Morgan fingerprint density at radius 3 is 1.38 bits per heavy atom. The van der Waals surface area contributed by atoms with E-state index < -0.39 is 0 Å². The molecule has 0 aliphatic rings. The van der Waals surface area contributed by atoms with Gasteiger partial charge in [-0.25, -0.2) is 9.97 Å². The van der Waals surface area contributed by atoms with Gasteiger partial charge in [0.25, 0.3) is 0 Å². The monoisotopic (exact) mass is 602 g/mol. The smallest absolute Gasteiger partial charge is 0.104 e. The molecule has 0 saturated heterocycles. The first kappa shape index (κ1) is 28.5. The van der Waals surface area contributed by atoms with Gasteiger partial charge in [-0.05, 0) is 68.3 Å². The van der Waals surface area contributed by atoms with E-state index in [9.17, 15) is 0 Å². The highest BCUT2D eigenvalue weighted by atomic mass is 79.9. The summed E-state index contributed by atoms with van der Waals surface area (Å²) in [6.07, 6.45) is 16.3. The van der Waals surface area contributed by atoms with Gasteiger partial charge in [0.2, 0.25) is 0 Å². The maximum Gasteiger partial charge on any atom is 0.104 e. The molecule has 0 saturated carbocycles. The Morgan fingerprint density at radius 1 is 0.594 bits per heavy atom. The first-order chi connectivity index (χ1) is 15.7. The number of hydrogen-bond donors (Lipinski definition) is 0. The van der Waals surface area contributed by atoms with Crippen molar-refractivity contribution in [1.29, 1.82) is 0 Å². The number of hydrogen-bond acceptors (Lipinski definition) is 4. The fourth-order valence-corrected chi connectivity index (χ4v) is 6.45. The highest BCUT2D eigenvalue weighted by Gasteiger charge is 2.13. The molecular weight excluding hydrogens is 564 g/mol. The number of benzene rings is 1. The van der Waals surface area contributed by atoms with E-state index in [4.69, 9.17) is 9.97 Å². The predicted octanol–water partition coefficient (Wildman–Crippen LogP) is 10.3. The molecule has 180 valence electrons. The summed E-state index contributed by atoms with van der Waals surface area (Å²) in [5.41, 5.74) is 4.28. The van der Waals surface area contributed by atoms with Gasteiger partial charge in [-0.2, -0.15) is 23.5 Å². The van der Waals surface area contributed by atoms with Gasteiger partial charge in [-0.3, -0.25) is 0 Å². The number of fused-ring (bicyclic) bond motifs is 1. The lowest BCUT2D eigenvalue weighted by Gasteiger charge is -2.12. The van der Waals surface area contributed by atoms with Crippen molar-refractivity contribution in [2.75, 3.05) is 11.5 Å². The van der Waals surface area contributed by atoms with E-state index in [1.54, 1.807) is 0 Å². The summed E-state index contributed by atoms with van der Waals surface area (Å²) >= 11 is 11.4. The second-order valence-corrected chi connectivity index (χ2v) is 12.4. The quantitative estimate of drug-likeness (QED) is 0.158. The molecule has 0 bridgehead atoms. The molecule has 0 amide bonds. The van der Waals surface area contributed by atoms with Gasteiger partial charge in [0.15, 0.2) is 0 Å². The van der Waals surface area contributed by atoms with Crippen molar-refractivity contribution >= 4 is 66.4 Å². The third kappa shape index (κ3) is 10.7. The van der Waals surface area contributed by atoms with Crippen molar-refractivity contribution in [2.24, 2.45) is 0 Å². The molecule has 0 aliphatic carbocycles. The molecule has 0 radical (unpaired) electrons. The minimum atomic E-state index is 0.962. The van der Waals surface area contributed by atoms with Crippen LogP contribution in [0.4, 0.5) is 0 Å². The van der Waals surface area contributed by atoms with Gasteiger partial charge < -0.3 is 0 Å². The number of nitrogens with zero attached hydrogens (tertiary/aromatic N) is 2. The summed E-state index contributed by atoms with van der Waals surface area (Å²) in [7, 11) is 0. The average Bonchev–Trinajstić information content (AvgIpc) is 2.80. The standard InChI is InChI=1S/C26H40Br2N2S2/c1-3-5-7-9-11-13-17-31-19-23-24(20-32-18-14-12-10-8-6-4-2)30-26-22(28)16-15-21(27)25(26)29-23/h15-16H,3-14,17-20H2,1-2H3. The first-order valence-corrected chi connectivity index (χ1v) is 16.4. The van der Waals surface area contributed by atoms with Crippen LogP contribution in [0.1, 0.15) is 102 Å². The minimum absolute atomic E-state index is 0.962. The molecule has 0 aliphatic heterocycles. The van der Waals surface area contributed by atoms with Crippen molar-refractivity contribution in [3.63, 3.8) is 0 Å². The molecule has 6 heteroatoms. The Bertz CT molecular complexity index is 722. The molecule has 1 heterocycles. The molecule has 0 unspecified atom stereocenters. The van der Waals surface area contributed by atoms with E-state index in [0.717, 1.165) is 31.5 Å². The molecule has 0 N–H and O–H groups in total. The molecule has 32 heavy (non-hydrogen) atoms. The highest BCUT2D eigenvalue weighted by Crippen LogP contribution is 2.30. The summed E-state index contributed by atoms with van der Waals surface area (Å²) in [4.78, 5) is 10.1. The van der Waals surface area contributed by atoms with Crippen molar-refractivity contribution in [2.45, 2.75) is 102 Å². The second-order valence-electron chi connectivity index (χ2n) is 8.48. The molecule has 0 spiro atoms. The van der Waals surface area contributed by atoms with Crippen LogP contribution in [0.5, 0.6) is 0 Å². The lowest BCUT2D eigenvalue weighted by molar-refractivity contribution is 0.627. The number of aromatic nitrogens is 2. The van der Waals surface area contributed by atoms with Crippen molar-refractivity contribution < 1.29 is 0 Å². The molecule has 2 aromatic rings. The van der Waals surface area contributed by atoms with Crippen LogP contribution in [-0.4, -0.2) is 21.5 Å². The topological polar surface area (TPSA) is 25.8 Å². The van der Waals surface area contributed by atoms with Crippen molar-refractivity contribution in [1.82, 2.24) is 9.97 Å². The number of thioether (sulfide) groups is 2. The number of rotatable bonds is 18. The second kappa shape index (κ2) is 17.6. The van der Waals surface area contributed by atoms with Crippen LogP contribution >= 0.6 is 55.4 Å². The fraction of sp³-hybridized carbons (Fsp3) is 0.692. The lowest BCUT2D eigenvalue weighted by Crippen LogP contribution is -2.02. The van der Waals surface area contributed by atoms with Crippen LogP contribution in [-0.2, 0) is 11.5 Å². The van der Waals surface area contributed by atoms with E-state index >= 15 is 0 Å². The lowest BCUT2D eigenvalue weighted by atomic mass is 10.1. The van der Waals surface area contributed by atoms with Gasteiger partial charge in [-0.15, -0.1) is 0 Å². The zero-order valence-electron chi connectivity index (χ0n) is 19.9. The predicted molar refractivity (Wildman–Crippen MR) is 154 cm³/mol. The average molecular weight is 605 g/mol. The summed E-state index contributed by atoms with van der Waals surface area (Å²) in [6, 6.07) is 4.11. The maximum absolute atomic E-state index is 5.07. The zero-order valence-corrected chi connectivity index (χ0v) is 24.7. The van der Waals surface area contributed by atoms with Gasteiger partial charge >= 0.3 is 0 Å². The minimum Gasteiger partial charge on any atom is -0.247 e. The molecule has 0 fully saturated rings. The summed E-state index contributed by atoms with van der Waals surface area (Å²) < 4.78 is 2.05. The third-order valence-corrected chi connectivity index (χ3v) is 9.03. The normalized spacial score (nSPS) is 11.5. The summed E-state index contributed by atoms with van der Waals surface area (Å²) in [5.74, 6) is 4.36. The molecule has 0 atom stereocenters. The van der Waals surface area contributed by atoms with Crippen LogP contribution < -0.4 is 0 Å².